The number of ether oxygens (including phenoxy) is 1. The summed E-state index contributed by atoms with van der Waals surface area (Å²) in [6.45, 7) is 15.9. The molecule has 1 aliphatic rings. The summed E-state index contributed by atoms with van der Waals surface area (Å²) < 4.78 is 5.45. The summed E-state index contributed by atoms with van der Waals surface area (Å²) in [6.07, 6.45) is 2.84. The molecule has 0 aliphatic carbocycles. The van der Waals surface area contributed by atoms with Gasteiger partial charge in [0.05, 0.1) is 6.10 Å². The quantitative estimate of drug-likeness (QED) is 0.790. The van der Waals surface area contributed by atoms with E-state index < -0.39 is 0 Å². The van der Waals surface area contributed by atoms with Gasteiger partial charge in [0.25, 0.3) is 0 Å². The number of hydrogen-bond acceptors (Lipinski definition) is 3. The highest BCUT2D eigenvalue weighted by Crippen LogP contribution is 2.25. The van der Waals surface area contributed by atoms with Crippen LogP contribution in [-0.4, -0.2) is 49.8 Å². The van der Waals surface area contributed by atoms with Gasteiger partial charge < -0.3 is 15.0 Å². The zero-order valence-electron chi connectivity index (χ0n) is 13.2. The van der Waals surface area contributed by atoms with Gasteiger partial charge in [-0.05, 0) is 39.0 Å². The van der Waals surface area contributed by atoms with E-state index in [2.05, 4.69) is 44.8 Å². The van der Waals surface area contributed by atoms with Crippen molar-refractivity contribution in [2.45, 2.75) is 59.1 Å². The first-order valence-electron chi connectivity index (χ1n) is 7.28. The highest BCUT2D eigenvalue weighted by Gasteiger charge is 2.30. The topological polar surface area (TPSA) is 24.5 Å². The van der Waals surface area contributed by atoms with E-state index in [1.165, 1.54) is 25.9 Å². The third-order valence-corrected chi connectivity index (χ3v) is 4.07. The van der Waals surface area contributed by atoms with Crippen LogP contribution >= 0.6 is 0 Å². The van der Waals surface area contributed by atoms with Crippen molar-refractivity contribution in [2.24, 2.45) is 5.41 Å². The van der Waals surface area contributed by atoms with E-state index in [9.17, 15) is 0 Å². The molecular formula is C15H32N2O. The van der Waals surface area contributed by atoms with Crippen LogP contribution in [0.3, 0.4) is 0 Å². The van der Waals surface area contributed by atoms with Gasteiger partial charge in [-0.1, -0.05) is 13.8 Å². The fourth-order valence-electron chi connectivity index (χ4n) is 2.44. The van der Waals surface area contributed by atoms with Crippen LogP contribution in [-0.2, 0) is 4.74 Å². The zero-order valence-corrected chi connectivity index (χ0v) is 13.2. The Morgan fingerprint density at radius 3 is 2.39 bits per heavy atom. The molecule has 3 heteroatoms. The lowest BCUT2D eigenvalue weighted by molar-refractivity contribution is 0.0969. The minimum atomic E-state index is 0.205. The number of hydrogen-bond donors (Lipinski definition) is 1. The smallest absolute Gasteiger partial charge is 0.0710 e. The van der Waals surface area contributed by atoms with Crippen LogP contribution in [0.5, 0.6) is 0 Å². The zero-order chi connectivity index (χ0) is 13.8. The maximum Gasteiger partial charge on any atom is 0.0710 e. The summed E-state index contributed by atoms with van der Waals surface area (Å²) in [4.78, 5) is 2.56. The van der Waals surface area contributed by atoms with Gasteiger partial charge in [0.2, 0.25) is 0 Å². The van der Waals surface area contributed by atoms with Gasteiger partial charge in [0.1, 0.15) is 0 Å². The first-order valence-corrected chi connectivity index (χ1v) is 7.28. The predicted molar refractivity (Wildman–Crippen MR) is 78.0 cm³/mol. The van der Waals surface area contributed by atoms with Crippen LogP contribution in [0.15, 0.2) is 0 Å². The Bertz CT molecular complexity index is 249. The normalized spacial score (nSPS) is 25.3. The maximum atomic E-state index is 5.45. The molecule has 18 heavy (non-hydrogen) atoms. The van der Waals surface area contributed by atoms with E-state index in [1.807, 2.05) is 7.11 Å². The molecule has 2 unspecified atom stereocenters. The molecule has 0 bridgehead atoms. The van der Waals surface area contributed by atoms with E-state index in [-0.39, 0.29) is 5.54 Å². The highest BCUT2D eigenvalue weighted by molar-refractivity contribution is 4.86. The first-order chi connectivity index (χ1) is 8.28. The van der Waals surface area contributed by atoms with Crippen molar-refractivity contribution in [1.82, 2.24) is 10.2 Å². The van der Waals surface area contributed by atoms with E-state index >= 15 is 0 Å². The molecular weight excluding hydrogens is 224 g/mol. The average molecular weight is 256 g/mol. The molecule has 0 radical (unpaired) electrons. The van der Waals surface area contributed by atoms with Gasteiger partial charge in [-0.2, -0.15) is 0 Å². The van der Waals surface area contributed by atoms with Crippen LogP contribution in [0.1, 0.15) is 47.5 Å². The second-order valence-corrected chi connectivity index (χ2v) is 7.15. The third kappa shape index (κ3) is 5.25. The molecule has 1 aliphatic heterocycles. The lowest BCUT2D eigenvalue weighted by atomic mass is 9.86. The molecule has 1 fully saturated rings. The molecule has 3 nitrogen and oxygen atoms in total. The predicted octanol–water partition coefficient (Wildman–Crippen LogP) is 2.51. The average Bonchev–Trinajstić information content (AvgIpc) is 2.73. The molecule has 2 atom stereocenters. The molecule has 1 saturated heterocycles. The molecule has 1 rings (SSSR count). The summed E-state index contributed by atoms with van der Waals surface area (Å²) in [7, 11) is 1.83. The van der Waals surface area contributed by atoms with Crippen LogP contribution < -0.4 is 5.32 Å². The Morgan fingerprint density at radius 1 is 1.28 bits per heavy atom. The van der Waals surface area contributed by atoms with E-state index in [1.54, 1.807) is 0 Å². The van der Waals surface area contributed by atoms with E-state index in [0.717, 1.165) is 13.1 Å². The molecule has 1 heterocycles. The summed E-state index contributed by atoms with van der Waals surface area (Å²) in [5.74, 6) is 0. The Balaban J connectivity index is 2.44. The molecule has 0 aromatic carbocycles. The van der Waals surface area contributed by atoms with Crippen molar-refractivity contribution in [1.29, 1.82) is 0 Å². The van der Waals surface area contributed by atoms with Crippen molar-refractivity contribution < 1.29 is 4.74 Å². The van der Waals surface area contributed by atoms with Gasteiger partial charge in [-0.15, -0.1) is 0 Å². The monoisotopic (exact) mass is 256 g/mol. The third-order valence-electron chi connectivity index (χ3n) is 4.07. The van der Waals surface area contributed by atoms with Crippen LogP contribution in [0.4, 0.5) is 0 Å². The fourth-order valence-corrected chi connectivity index (χ4v) is 2.44. The van der Waals surface area contributed by atoms with Crippen LogP contribution in [0, 0.1) is 5.41 Å². The molecule has 0 saturated carbocycles. The summed E-state index contributed by atoms with van der Waals surface area (Å²) >= 11 is 0. The second kappa shape index (κ2) is 6.36. The van der Waals surface area contributed by atoms with Gasteiger partial charge in [0.15, 0.2) is 0 Å². The standard InChI is InChI=1S/C15H32N2O/c1-7-15(5,11-16-14(2,3)4)12-17-9-8-13(10-17)18-6/h13,16H,7-12H2,1-6H3. The molecule has 0 aromatic rings. The van der Waals surface area contributed by atoms with Crippen LogP contribution in [0.25, 0.3) is 0 Å². The molecule has 0 aromatic heterocycles. The summed E-state index contributed by atoms with van der Waals surface area (Å²) in [5.41, 5.74) is 0.562. The lowest BCUT2D eigenvalue weighted by Crippen LogP contribution is -2.47. The number of methoxy groups -OCH3 is 1. The number of nitrogens with one attached hydrogen (secondary N) is 1. The largest absolute Gasteiger partial charge is 0.380 e. The SMILES string of the molecule is CCC(C)(CNC(C)(C)C)CN1CCC(OC)C1. The maximum absolute atomic E-state index is 5.45. The van der Waals surface area contributed by atoms with Gasteiger partial charge in [-0.25, -0.2) is 0 Å². The molecule has 0 amide bonds. The summed E-state index contributed by atoms with van der Waals surface area (Å²) in [6, 6.07) is 0. The minimum Gasteiger partial charge on any atom is -0.380 e. The number of rotatable bonds is 6. The number of nitrogens with zero attached hydrogens (tertiary/aromatic N) is 1. The second-order valence-electron chi connectivity index (χ2n) is 7.15. The van der Waals surface area contributed by atoms with Gasteiger partial charge in [0, 0.05) is 38.8 Å². The van der Waals surface area contributed by atoms with Crippen molar-refractivity contribution in [3.05, 3.63) is 0 Å². The minimum absolute atomic E-state index is 0.205. The van der Waals surface area contributed by atoms with E-state index in [0.29, 0.717) is 11.5 Å². The Labute approximate surface area is 113 Å². The highest BCUT2D eigenvalue weighted by atomic mass is 16.5. The lowest BCUT2D eigenvalue weighted by Gasteiger charge is -2.36. The molecule has 108 valence electrons. The Morgan fingerprint density at radius 2 is 1.94 bits per heavy atom. The molecule has 1 N–H and O–H groups in total. The Kier molecular flexibility index (Phi) is 5.63. The van der Waals surface area contributed by atoms with Crippen molar-refractivity contribution in [3.8, 4) is 0 Å². The van der Waals surface area contributed by atoms with Crippen molar-refractivity contribution in [3.63, 3.8) is 0 Å². The van der Waals surface area contributed by atoms with Crippen LogP contribution in [0.2, 0.25) is 0 Å². The first kappa shape index (κ1) is 15.9. The fraction of sp³-hybridized carbons (Fsp3) is 1.00. The Hall–Kier alpha value is -0.120. The summed E-state index contributed by atoms with van der Waals surface area (Å²) in [5, 5.41) is 3.65. The molecule has 0 spiro atoms. The van der Waals surface area contributed by atoms with Gasteiger partial charge in [-0.3, -0.25) is 0 Å². The van der Waals surface area contributed by atoms with Gasteiger partial charge >= 0.3 is 0 Å². The number of likely N-dealkylation sites (tertiary alicyclic amines) is 1. The van der Waals surface area contributed by atoms with Crippen molar-refractivity contribution >= 4 is 0 Å². The van der Waals surface area contributed by atoms with Crippen molar-refractivity contribution in [2.75, 3.05) is 33.3 Å². The van der Waals surface area contributed by atoms with E-state index in [4.69, 9.17) is 4.74 Å².